The average Bonchev–Trinajstić information content (AvgIpc) is 2.13. The topological polar surface area (TPSA) is 26.3 Å². The van der Waals surface area contributed by atoms with Gasteiger partial charge in [0, 0.05) is 6.42 Å². The summed E-state index contributed by atoms with van der Waals surface area (Å²) >= 11 is 0. The van der Waals surface area contributed by atoms with Crippen molar-refractivity contribution >= 4 is 5.97 Å². The second kappa shape index (κ2) is 5.84. The average molecular weight is 196 g/mol. The van der Waals surface area contributed by atoms with E-state index in [2.05, 4.69) is 17.7 Å². The SMILES string of the molecule is CCCCC=C1CC(CC(=O)OC)C1. The summed E-state index contributed by atoms with van der Waals surface area (Å²) in [4.78, 5) is 10.9. The molecule has 0 saturated heterocycles. The van der Waals surface area contributed by atoms with Crippen LogP contribution in [0.3, 0.4) is 0 Å². The van der Waals surface area contributed by atoms with Crippen LogP contribution < -0.4 is 0 Å². The van der Waals surface area contributed by atoms with Gasteiger partial charge in [-0.25, -0.2) is 0 Å². The molecule has 1 aliphatic carbocycles. The predicted octanol–water partition coefficient (Wildman–Crippen LogP) is 3.08. The number of esters is 1. The van der Waals surface area contributed by atoms with Crippen molar-refractivity contribution in [2.45, 2.75) is 45.4 Å². The van der Waals surface area contributed by atoms with Crippen LogP contribution in [0.15, 0.2) is 11.6 Å². The summed E-state index contributed by atoms with van der Waals surface area (Å²) in [5.74, 6) is 0.484. The molecule has 0 heterocycles. The first-order valence-electron chi connectivity index (χ1n) is 5.51. The van der Waals surface area contributed by atoms with E-state index in [1.807, 2.05) is 0 Å². The standard InChI is InChI=1S/C12H20O2/c1-3-4-5-6-10-7-11(8-10)9-12(13)14-2/h6,11H,3-5,7-9H2,1-2H3. The first-order chi connectivity index (χ1) is 6.76. The van der Waals surface area contributed by atoms with Crippen molar-refractivity contribution < 1.29 is 9.53 Å². The van der Waals surface area contributed by atoms with Gasteiger partial charge in [-0.2, -0.15) is 0 Å². The Bertz CT molecular complexity index is 210. The Morgan fingerprint density at radius 3 is 2.86 bits per heavy atom. The Morgan fingerprint density at radius 1 is 1.57 bits per heavy atom. The lowest BCUT2D eigenvalue weighted by Gasteiger charge is -2.28. The number of ether oxygens (including phenoxy) is 1. The smallest absolute Gasteiger partial charge is 0.305 e. The molecule has 0 aromatic heterocycles. The molecule has 2 heteroatoms. The molecule has 1 aliphatic rings. The Labute approximate surface area is 86.3 Å². The van der Waals surface area contributed by atoms with Gasteiger partial charge in [-0.3, -0.25) is 4.79 Å². The summed E-state index contributed by atoms with van der Waals surface area (Å²) in [6.45, 7) is 2.21. The number of methoxy groups -OCH3 is 1. The highest BCUT2D eigenvalue weighted by molar-refractivity contribution is 5.69. The Balaban J connectivity index is 2.10. The Hall–Kier alpha value is -0.790. The largest absolute Gasteiger partial charge is 0.469 e. The minimum absolute atomic E-state index is 0.0670. The highest BCUT2D eigenvalue weighted by Crippen LogP contribution is 2.35. The molecule has 0 aromatic carbocycles. The molecular formula is C12H20O2. The molecule has 1 fully saturated rings. The van der Waals surface area contributed by atoms with Gasteiger partial charge in [-0.1, -0.05) is 31.4 Å². The molecule has 1 saturated carbocycles. The van der Waals surface area contributed by atoms with E-state index in [1.54, 1.807) is 0 Å². The van der Waals surface area contributed by atoms with Gasteiger partial charge in [0.1, 0.15) is 0 Å². The maximum Gasteiger partial charge on any atom is 0.305 e. The second-order valence-electron chi connectivity index (χ2n) is 4.06. The van der Waals surface area contributed by atoms with Crippen molar-refractivity contribution in [1.29, 1.82) is 0 Å². The molecule has 0 aliphatic heterocycles. The summed E-state index contributed by atoms with van der Waals surface area (Å²) in [5.41, 5.74) is 1.53. The van der Waals surface area contributed by atoms with Crippen LogP contribution >= 0.6 is 0 Å². The first kappa shape index (κ1) is 11.3. The van der Waals surface area contributed by atoms with Crippen LogP contribution in [0.5, 0.6) is 0 Å². The van der Waals surface area contributed by atoms with E-state index in [0.717, 1.165) is 12.8 Å². The highest BCUT2D eigenvalue weighted by atomic mass is 16.5. The molecule has 0 amide bonds. The van der Waals surface area contributed by atoms with Crippen molar-refractivity contribution in [1.82, 2.24) is 0 Å². The van der Waals surface area contributed by atoms with Crippen molar-refractivity contribution in [3.8, 4) is 0 Å². The molecule has 1 rings (SSSR count). The Kier molecular flexibility index (Phi) is 4.71. The van der Waals surface area contributed by atoms with E-state index >= 15 is 0 Å². The van der Waals surface area contributed by atoms with Gasteiger partial charge < -0.3 is 4.74 Å². The lowest BCUT2D eigenvalue weighted by molar-refractivity contribution is -0.142. The predicted molar refractivity (Wildman–Crippen MR) is 57.0 cm³/mol. The van der Waals surface area contributed by atoms with Gasteiger partial charge in [0.2, 0.25) is 0 Å². The molecule has 0 N–H and O–H groups in total. The minimum atomic E-state index is -0.0670. The number of rotatable bonds is 5. The quantitative estimate of drug-likeness (QED) is 0.384. The van der Waals surface area contributed by atoms with E-state index in [0.29, 0.717) is 12.3 Å². The maximum atomic E-state index is 10.9. The number of allylic oxidation sites excluding steroid dienone is 2. The van der Waals surface area contributed by atoms with Crippen molar-refractivity contribution in [2.24, 2.45) is 5.92 Å². The summed E-state index contributed by atoms with van der Waals surface area (Å²) in [5, 5.41) is 0. The zero-order valence-electron chi connectivity index (χ0n) is 9.21. The van der Waals surface area contributed by atoms with Crippen LogP contribution in [0, 0.1) is 5.92 Å². The fourth-order valence-electron chi connectivity index (χ4n) is 1.82. The molecule has 0 aromatic rings. The third-order valence-corrected chi connectivity index (χ3v) is 2.78. The van der Waals surface area contributed by atoms with E-state index in [9.17, 15) is 4.79 Å². The van der Waals surface area contributed by atoms with Gasteiger partial charge in [0.25, 0.3) is 0 Å². The highest BCUT2D eigenvalue weighted by Gasteiger charge is 2.25. The van der Waals surface area contributed by atoms with Crippen LogP contribution in [0.1, 0.15) is 45.4 Å². The van der Waals surface area contributed by atoms with Crippen LogP contribution in [-0.2, 0) is 9.53 Å². The molecule has 0 atom stereocenters. The van der Waals surface area contributed by atoms with E-state index in [-0.39, 0.29) is 5.97 Å². The molecule has 0 spiro atoms. The van der Waals surface area contributed by atoms with Crippen LogP contribution in [0.25, 0.3) is 0 Å². The summed E-state index contributed by atoms with van der Waals surface area (Å²) in [6, 6.07) is 0. The molecule has 0 bridgehead atoms. The fourth-order valence-corrected chi connectivity index (χ4v) is 1.82. The number of unbranched alkanes of at least 4 members (excludes halogenated alkanes) is 2. The Morgan fingerprint density at radius 2 is 2.29 bits per heavy atom. The van der Waals surface area contributed by atoms with Gasteiger partial charge in [0.05, 0.1) is 7.11 Å². The van der Waals surface area contributed by atoms with Crippen molar-refractivity contribution in [3.05, 3.63) is 11.6 Å². The monoisotopic (exact) mass is 196 g/mol. The molecule has 14 heavy (non-hydrogen) atoms. The van der Waals surface area contributed by atoms with Crippen molar-refractivity contribution in [3.63, 3.8) is 0 Å². The fraction of sp³-hybridized carbons (Fsp3) is 0.750. The lowest BCUT2D eigenvalue weighted by atomic mass is 9.77. The molecule has 0 unspecified atom stereocenters. The first-order valence-corrected chi connectivity index (χ1v) is 5.51. The summed E-state index contributed by atoms with van der Waals surface area (Å²) < 4.78 is 4.63. The molecular weight excluding hydrogens is 176 g/mol. The number of hydrogen-bond acceptors (Lipinski definition) is 2. The van der Waals surface area contributed by atoms with E-state index < -0.39 is 0 Å². The van der Waals surface area contributed by atoms with Crippen LogP contribution in [0.4, 0.5) is 0 Å². The number of carbonyl (C=O) groups is 1. The maximum absolute atomic E-state index is 10.9. The van der Waals surface area contributed by atoms with Gasteiger partial charge in [-0.15, -0.1) is 0 Å². The number of hydrogen-bond donors (Lipinski definition) is 0. The van der Waals surface area contributed by atoms with Gasteiger partial charge in [-0.05, 0) is 25.2 Å². The lowest BCUT2D eigenvalue weighted by Crippen LogP contribution is -2.19. The van der Waals surface area contributed by atoms with Gasteiger partial charge in [0.15, 0.2) is 0 Å². The molecule has 0 radical (unpaired) electrons. The van der Waals surface area contributed by atoms with E-state index in [1.165, 1.54) is 31.9 Å². The molecule has 2 nitrogen and oxygen atoms in total. The summed E-state index contributed by atoms with van der Waals surface area (Å²) in [6.07, 6.45) is 8.91. The summed E-state index contributed by atoms with van der Waals surface area (Å²) in [7, 11) is 1.46. The third-order valence-electron chi connectivity index (χ3n) is 2.78. The minimum Gasteiger partial charge on any atom is -0.469 e. The van der Waals surface area contributed by atoms with Crippen LogP contribution in [-0.4, -0.2) is 13.1 Å². The second-order valence-corrected chi connectivity index (χ2v) is 4.06. The zero-order valence-corrected chi connectivity index (χ0v) is 9.21. The number of carbonyl (C=O) groups excluding carboxylic acids is 1. The normalized spacial score (nSPS) is 20.1. The van der Waals surface area contributed by atoms with Crippen molar-refractivity contribution in [2.75, 3.05) is 7.11 Å². The molecule has 80 valence electrons. The van der Waals surface area contributed by atoms with Gasteiger partial charge >= 0.3 is 5.97 Å². The third kappa shape index (κ3) is 3.52. The zero-order chi connectivity index (χ0) is 10.4. The van der Waals surface area contributed by atoms with E-state index in [4.69, 9.17) is 0 Å². The van der Waals surface area contributed by atoms with Crippen LogP contribution in [0.2, 0.25) is 0 Å².